The van der Waals surface area contributed by atoms with Crippen LogP contribution in [0.1, 0.15) is 54.8 Å². The first-order chi connectivity index (χ1) is 10.3. The summed E-state index contributed by atoms with van der Waals surface area (Å²) in [5.74, 6) is 2.89. The first-order valence-electron chi connectivity index (χ1n) is 7.81. The fraction of sp³-hybridized carbons (Fsp3) is 0.667. The van der Waals surface area contributed by atoms with Crippen LogP contribution in [0, 0.1) is 0 Å². The molecule has 1 saturated heterocycles. The van der Waals surface area contributed by atoms with Crippen molar-refractivity contribution in [2.24, 2.45) is 7.05 Å². The minimum Gasteiger partial charge on any atom is -0.338 e. The van der Waals surface area contributed by atoms with Gasteiger partial charge in [-0.05, 0) is 50.3 Å². The van der Waals surface area contributed by atoms with Gasteiger partial charge in [0.1, 0.15) is 0 Å². The van der Waals surface area contributed by atoms with Crippen LogP contribution in [0.5, 0.6) is 0 Å². The van der Waals surface area contributed by atoms with E-state index in [1.54, 1.807) is 0 Å². The molecule has 1 saturated carbocycles. The van der Waals surface area contributed by atoms with Gasteiger partial charge in [0, 0.05) is 19.2 Å². The summed E-state index contributed by atoms with van der Waals surface area (Å²) in [5.41, 5.74) is 1.37. The fourth-order valence-corrected chi connectivity index (χ4v) is 3.11. The van der Waals surface area contributed by atoms with Gasteiger partial charge in [0.15, 0.2) is 5.82 Å². The van der Waals surface area contributed by atoms with Crippen LogP contribution in [-0.4, -0.2) is 37.9 Å². The summed E-state index contributed by atoms with van der Waals surface area (Å²) in [4.78, 5) is 6.93. The van der Waals surface area contributed by atoms with Gasteiger partial charge in [-0.1, -0.05) is 5.16 Å². The van der Waals surface area contributed by atoms with Crippen LogP contribution in [0.3, 0.4) is 0 Å². The van der Waals surface area contributed by atoms with Crippen molar-refractivity contribution in [3.8, 4) is 0 Å². The Morgan fingerprint density at radius 3 is 2.67 bits per heavy atom. The van der Waals surface area contributed by atoms with Crippen molar-refractivity contribution in [2.75, 3.05) is 13.1 Å². The molecule has 2 aromatic rings. The number of aryl methyl sites for hydroxylation is 1. The number of rotatable bonds is 4. The maximum absolute atomic E-state index is 5.37. The maximum atomic E-state index is 5.37. The Morgan fingerprint density at radius 2 is 2.00 bits per heavy atom. The third-order valence-electron chi connectivity index (χ3n) is 4.57. The van der Waals surface area contributed by atoms with Crippen LogP contribution in [0.2, 0.25) is 0 Å². The highest BCUT2D eigenvalue weighted by Gasteiger charge is 2.29. The van der Waals surface area contributed by atoms with Crippen molar-refractivity contribution in [3.05, 3.63) is 29.7 Å². The lowest BCUT2D eigenvalue weighted by Crippen LogP contribution is -2.32. The Kier molecular flexibility index (Phi) is 3.25. The van der Waals surface area contributed by atoms with E-state index in [4.69, 9.17) is 4.52 Å². The molecule has 0 N–H and O–H groups in total. The van der Waals surface area contributed by atoms with Crippen LogP contribution >= 0.6 is 0 Å². The minimum absolute atomic E-state index is 0.568. The Morgan fingerprint density at radius 1 is 1.19 bits per heavy atom. The Hall–Kier alpha value is -1.69. The second kappa shape index (κ2) is 5.26. The van der Waals surface area contributed by atoms with Gasteiger partial charge in [-0.2, -0.15) is 10.1 Å². The number of likely N-dealkylation sites (tertiary alicyclic amines) is 1. The number of hydrogen-bond acceptors (Lipinski definition) is 5. The van der Waals surface area contributed by atoms with Gasteiger partial charge in [0.2, 0.25) is 5.89 Å². The summed E-state index contributed by atoms with van der Waals surface area (Å²) < 4.78 is 7.26. The average Bonchev–Trinajstić information content (AvgIpc) is 3.09. The molecule has 4 rings (SSSR count). The molecule has 6 heteroatoms. The molecule has 1 aliphatic carbocycles. The quantitative estimate of drug-likeness (QED) is 0.861. The van der Waals surface area contributed by atoms with Crippen molar-refractivity contribution in [2.45, 2.75) is 44.1 Å². The smallest absolute Gasteiger partial charge is 0.240 e. The van der Waals surface area contributed by atoms with E-state index in [0.717, 1.165) is 31.3 Å². The first kappa shape index (κ1) is 13.0. The van der Waals surface area contributed by atoms with Gasteiger partial charge in [-0.15, -0.1) is 0 Å². The molecule has 2 fully saturated rings. The predicted octanol–water partition coefficient (Wildman–Crippen LogP) is 2.06. The summed E-state index contributed by atoms with van der Waals surface area (Å²) in [5, 5.41) is 8.36. The minimum atomic E-state index is 0.568. The second-order valence-electron chi connectivity index (χ2n) is 6.32. The molecule has 0 radical (unpaired) electrons. The van der Waals surface area contributed by atoms with Crippen LogP contribution in [0.25, 0.3) is 0 Å². The molecule has 112 valence electrons. The van der Waals surface area contributed by atoms with Crippen molar-refractivity contribution < 1.29 is 4.52 Å². The zero-order valence-corrected chi connectivity index (χ0v) is 12.4. The van der Waals surface area contributed by atoms with Crippen molar-refractivity contribution in [1.82, 2.24) is 24.8 Å². The molecule has 0 amide bonds. The van der Waals surface area contributed by atoms with E-state index in [1.165, 1.54) is 31.2 Å². The highest BCUT2D eigenvalue weighted by atomic mass is 16.5. The van der Waals surface area contributed by atoms with E-state index in [1.807, 2.05) is 17.9 Å². The largest absolute Gasteiger partial charge is 0.338 e. The van der Waals surface area contributed by atoms with Gasteiger partial charge >= 0.3 is 0 Å². The van der Waals surface area contributed by atoms with Crippen LogP contribution < -0.4 is 0 Å². The third kappa shape index (κ3) is 2.85. The zero-order chi connectivity index (χ0) is 14.2. The topological polar surface area (TPSA) is 60.0 Å². The molecule has 2 aromatic heterocycles. The average molecular weight is 287 g/mol. The summed E-state index contributed by atoms with van der Waals surface area (Å²) in [6, 6.07) is 0. The van der Waals surface area contributed by atoms with Crippen LogP contribution in [0.15, 0.2) is 16.9 Å². The number of hydrogen-bond donors (Lipinski definition) is 0. The molecular weight excluding hydrogens is 266 g/mol. The molecule has 6 nitrogen and oxygen atoms in total. The lowest BCUT2D eigenvalue weighted by atomic mass is 9.91. The van der Waals surface area contributed by atoms with E-state index < -0.39 is 0 Å². The molecule has 0 unspecified atom stereocenters. The van der Waals surface area contributed by atoms with Crippen molar-refractivity contribution in [1.29, 1.82) is 0 Å². The zero-order valence-electron chi connectivity index (χ0n) is 12.4. The molecule has 0 aromatic carbocycles. The summed E-state index contributed by atoms with van der Waals surface area (Å²) in [6.45, 7) is 2.96. The van der Waals surface area contributed by atoms with Gasteiger partial charge in [0.05, 0.1) is 12.7 Å². The van der Waals surface area contributed by atoms with Crippen LogP contribution in [-0.2, 0) is 13.6 Å². The summed E-state index contributed by atoms with van der Waals surface area (Å²) in [6.07, 6.45) is 8.93. The normalized spacial score (nSPS) is 21.0. The number of piperidine rings is 1. The Balaban J connectivity index is 1.32. The molecule has 1 aliphatic heterocycles. The molecule has 3 heterocycles. The van der Waals surface area contributed by atoms with Gasteiger partial charge in [0.25, 0.3) is 0 Å². The van der Waals surface area contributed by atoms with E-state index in [9.17, 15) is 0 Å². The third-order valence-corrected chi connectivity index (χ3v) is 4.57. The number of nitrogens with zero attached hydrogens (tertiary/aromatic N) is 5. The SMILES string of the molecule is Cn1cc(C2CCN(Cc3nc(C4CC4)no3)CC2)cn1. The lowest BCUT2D eigenvalue weighted by molar-refractivity contribution is 0.181. The maximum Gasteiger partial charge on any atom is 0.240 e. The molecule has 0 atom stereocenters. The molecule has 0 bridgehead atoms. The van der Waals surface area contributed by atoms with Crippen molar-refractivity contribution in [3.63, 3.8) is 0 Å². The van der Waals surface area contributed by atoms with Crippen molar-refractivity contribution >= 4 is 0 Å². The van der Waals surface area contributed by atoms with Gasteiger partial charge in [-0.3, -0.25) is 9.58 Å². The highest BCUT2D eigenvalue weighted by Crippen LogP contribution is 2.38. The summed E-state index contributed by atoms with van der Waals surface area (Å²) >= 11 is 0. The van der Waals surface area contributed by atoms with Crippen LogP contribution in [0.4, 0.5) is 0 Å². The molecule has 2 aliphatic rings. The number of aromatic nitrogens is 4. The monoisotopic (exact) mass is 287 g/mol. The van der Waals surface area contributed by atoms with E-state index in [0.29, 0.717) is 11.8 Å². The Bertz CT molecular complexity index is 607. The molecular formula is C15H21N5O. The first-order valence-corrected chi connectivity index (χ1v) is 7.81. The second-order valence-corrected chi connectivity index (χ2v) is 6.32. The Labute approximate surface area is 124 Å². The molecule has 21 heavy (non-hydrogen) atoms. The van der Waals surface area contributed by atoms with Gasteiger partial charge in [-0.25, -0.2) is 0 Å². The molecule has 0 spiro atoms. The van der Waals surface area contributed by atoms with Gasteiger partial charge < -0.3 is 4.52 Å². The lowest BCUT2D eigenvalue weighted by Gasteiger charge is -2.30. The predicted molar refractivity (Wildman–Crippen MR) is 76.7 cm³/mol. The summed E-state index contributed by atoms with van der Waals surface area (Å²) in [7, 11) is 1.98. The van der Waals surface area contributed by atoms with E-state index >= 15 is 0 Å². The van der Waals surface area contributed by atoms with E-state index in [-0.39, 0.29) is 0 Å². The van der Waals surface area contributed by atoms with E-state index in [2.05, 4.69) is 26.3 Å². The fourth-order valence-electron chi connectivity index (χ4n) is 3.11. The standard InChI is InChI=1S/C15H21N5O/c1-19-9-13(8-16-19)11-4-6-20(7-5-11)10-14-17-15(18-21-14)12-2-3-12/h8-9,11-12H,2-7,10H2,1H3. The highest BCUT2D eigenvalue weighted by molar-refractivity contribution is 5.12.